The lowest BCUT2D eigenvalue weighted by Gasteiger charge is -2.03. The van der Waals surface area contributed by atoms with Gasteiger partial charge in [-0.25, -0.2) is 0 Å². The van der Waals surface area contributed by atoms with Crippen LogP contribution in [0.1, 0.15) is 35.9 Å². The number of rotatable bonds is 6. The standard InChI is InChI=1S/C17H16N4O3/c22-16(18-10-11-4-2-1-3-5-11)9-15-19-17(24-21-15)13-8-14(23-20-13)12-6-7-12/h1-5,8,12H,6-7,9-10H2,(H,18,22). The number of nitrogens with one attached hydrogen (secondary N) is 1. The van der Waals surface area contributed by atoms with Crippen molar-refractivity contribution >= 4 is 5.91 Å². The molecule has 1 saturated carbocycles. The number of hydrogen-bond donors (Lipinski definition) is 1. The Morgan fingerprint density at radius 1 is 1.17 bits per heavy atom. The first-order chi connectivity index (χ1) is 11.8. The Kier molecular flexibility index (Phi) is 3.82. The third-order valence-electron chi connectivity index (χ3n) is 3.85. The highest BCUT2D eigenvalue weighted by Crippen LogP contribution is 2.41. The smallest absolute Gasteiger partial charge is 0.280 e. The Morgan fingerprint density at radius 2 is 2.00 bits per heavy atom. The summed E-state index contributed by atoms with van der Waals surface area (Å²) in [5.74, 6) is 1.76. The minimum atomic E-state index is -0.162. The molecular weight excluding hydrogens is 308 g/mol. The maximum Gasteiger partial charge on any atom is 0.280 e. The van der Waals surface area contributed by atoms with Gasteiger partial charge in [-0.2, -0.15) is 4.98 Å². The van der Waals surface area contributed by atoms with Crippen molar-refractivity contribution in [2.24, 2.45) is 0 Å². The second-order valence-corrected chi connectivity index (χ2v) is 5.84. The van der Waals surface area contributed by atoms with Crippen molar-refractivity contribution in [2.75, 3.05) is 0 Å². The molecule has 2 aromatic heterocycles. The van der Waals surface area contributed by atoms with Gasteiger partial charge in [0, 0.05) is 18.5 Å². The van der Waals surface area contributed by atoms with E-state index in [1.54, 1.807) is 0 Å². The van der Waals surface area contributed by atoms with Crippen LogP contribution in [0.25, 0.3) is 11.6 Å². The van der Waals surface area contributed by atoms with Crippen molar-refractivity contribution < 1.29 is 13.8 Å². The fraction of sp³-hybridized carbons (Fsp3) is 0.294. The first kappa shape index (κ1) is 14.6. The minimum Gasteiger partial charge on any atom is -0.360 e. The van der Waals surface area contributed by atoms with Gasteiger partial charge < -0.3 is 14.4 Å². The normalized spacial score (nSPS) is 13.8. The summed E-state index contributed by atoms with van der Waals surface area (Å²) in [6.45, 7) is 0.471. The quantitative estimate of drug-likeness (QED) is 0.748. The molecule has 3 aromatic rings. The van der Waals surface area contributed by atoms with Crippen LogP contribution in [0.4, 0.5) is 0 Å². The highest BCUT2D eigenvalue weighted by molar-refractivity contribution is 5.77. The van der Waals surface area contributed by atoms with Crippen molar-refractivity contribution in [2.45, 2.75) is 31.7 Å². The van der Waals surface area contributed by atoms with E-state index in [-0.39, 0.29) is 18.2 Å². The molecule has 1 aliphatic rings. The van der Waals surface area contributed by atoms with Crippen LogP contribution in [0, 0.1) is 0 Å². The van der Waals surface area contributed by atoms with Crippen molar-refractivity contribution in [1.29, 1.82) is 0 Å². The SMILES string of the molecule is O=C(Cc1noc(-c2cc(C3CC3)on2)n1)NCc1ccccc1. The highest BCUT2D eigenvalue weighted by atomic mass is 16.5. The minimum absolute atomic E-state index is 0.0592. The van der Waals surface area contributed by atoms with Gasteiger partial charge in [0.25, 0.3) is 5.89 Å². The van der Waals surface area contributed by atoms with E-state index in [1.165, 1.54) is 0 Å². The van der Waals surface area contributed by atoms with Crippen LogP contribution in [0.2, 0.25) is 0 Å². The molecule has 7 nitrogen and oxygen atoms in total. The predicted octanol–water partition coefficient (Wildman–Crippen LogP) is 2.46. The second-order valence-electron chi connectivity index (χ2n) is 5.84. The summed E-state index contributed by atoms with van der Waals surface area (Å²) in [5, 5.41) is 10.6. The summed E-state index contributed by atoms with van der Waals surface area (Å²) in [4.78, 5) is 16.2. The fourth-order valence-electron chi connectivity index (χ4n) is 2.38. The molecule has 24 heavy (non-hydrogen) atoms. The van der Waals surface area contributed by atoms with E-state index in [2.05, 4.69) is 20.6 Å². The third kappa shape index (κ3) is 3.34. The lowest BCUT2D eigenvalue weighted by Crippen LogP contribution is -2.24. The largest absolute Gasteiger partial charge is 0.360 e. The number of benzene rings is 1. The Labute approximate surface area is 138 Å². The average Bonchev–Trinajstić information content (AvgIpc) is 3.15. The Bertz CT molecular complexity index is 836. The zero-order valence-electron chi connectivity index (χ0n) is 12.9. The average molecular weight is 324 g/mol. The van der Waals surface area contributed by atoms with Gasteiger partial charge in [-0.1, -0.05) is 40.6 Å². The first-order valence-electron chi connectivity index (χ1n) is 7.88. The van der Waals surface area contributed by atoms with E-state index in [0.29, 0.717) is 24.0 Å². The van der Waals surface area contributed by atoms with Gasteiger partial charge in [0.2, 0.25) is 5.91 Å². The molecule has 0 spiro atoms. The van der Waals surface area contributed by atoms with Crippen LogP contribution in [-0.4, -0.2) is 21.2 Å². The Hall–Kier alpha value is -2.96. The highest BCUT2D eigenvalue weighted by Gasteiger charge is 2.29. The summed E-state index contributed by atoms with van der Waals surface area (Å²) < 4.78 is 10.4. The molecule has 0 bridgehead atoms. The molecule has 0 aliphatic heterocycles. The first-order valence-corrected chi connectivity index (χ1v) is 7.88. The van der Waals surface area contributed by atoms with Gasteiger partial charge in [0.15, 0.2) is 11.5 Å². The third-order valence-corrected chi connectivity index (χ3v) is 3.85. The molecule has 1 fully saturated rings. The summed E-state index contributed by atoms with van der Waals surface area (Å²) in [7, 11) is 0. The summed E-state index contributed by atoms with van der Waals surface area (Å²) >= 11 is 0. The van der Waals surface area contributed by atoms with Crippen molar-refractivity contribution in [3.05, 3.63) is 53.5 Å². The topological polar surface area (TPSA) is 94.0 Å². The van der Waals surface area contributed by atoms with Gasteiger partial charge in [-0.05, 0) is 18.4 Å². The van der Waals surface area contributed by atoms with E-state index >= 15 is 0 Å². The lowest BCUT2D eigenvalue weighted by atomic mass is 10.2. The monoisotopic (exact) mass is 324 g/mol. The molecule has 0 radical (unpaired) electrons. The molecule has 7 heteroatoms. The number of carbonyl (C=O) groups excluding carboxylic acids is 1. The molecule has 4 rings (SSSR count). The van der Waals surface area contributed by atoms with E-state index in [4.69, 9.17) is 9.05 Å². The van der Waals surface area contributed by atoms with Crippen LogP contribution in [-0.2, 0) is 17.8 Å². The maximum absolute atomic E-state index is 12.0. The molecule has 0 saturated heterocycles. The van der Waals surface area contributed by atoms with Gasteiger partial charge in [0.05, 0.1) is 6.42 Å². The number of nitrogens with zero attached hydrogens (tertiary/aromatic N) is 3. The molecule has 2 heterocycles. The molecular formula is C17H16N4O3. The van der Waals surface area contributed by atoms with Crippen LogP contribution in [0.3, 0.4) is 0 Å². The van der Waals surface area contributed by atoms with Gasteiger partial charge >= 0.3 is 0 Å². The molecule has 1 aliphatic carbocycles. The Morgan fingerprint density at radius 3 is 2.79 bits per heavy atom. The molecule has 0 atom stereocenters. The number of carbonyl (C=O) groups is 1. The molecule has 122 valence electrons. The van der Waals surface area contributed by atoms with Gasteiger partial charge in [0.1, 0.15) is 5.76 Å². The molecule has 1 amide bonds. The summed E-state index contributed by atoms with van der Waals surface area (Å²) in [6.07, 6.45) is 2.32. The summed E-state index contributed by atoms with van der Waals surface area (Å²) in [6, 6.07) is 11.5. The fourth-order valence-corrected chi connectivity index (χ4v) is 2.38. The number of aromatic nitrogens is 3. The van der Waals surface area contributed by atoms with Crippen LogP contribution in [0.15, 0.2) is 45.4 Å². The van der Waals surface area contributed by atoms with Crippen LogP contribution < -0.4 is 5.32 Å². The zero-order chi connectivity index (χ0) is 16.4. The number of amides is 1. The molecule has 1 aromatic carbocycles. The van der Waals surface area contributed by atoms with Crippen molar-refractivity contribution in [3.63, 3.8) is 0 Å². The van der Waals surface area contributed by atoms with E-state index in [1.807, 2.05) is 36.4 Å². The lowest BCUT2D eigenvalue weighted by molar-refractivity contribution is -0.120. The predicted molar refractivity (Wildman–Crippen MR) is 83.8 cm³/mol. The zero-order valence-corrected chi connectivity index (χ0v) is 12.9. The summed E-state index contributed by atoms with van der Waals surface area (Å²) in [5.41, 5.74) is 1.55. The van der Waals surface area contributed by atoms with E-state index < -0.39 is 0 Å². The molecule has 1 N–H and O–H groups in total. The van der Waals surface area contributed by atoms with Crippen LogP contribution in [0.5, 0.6) is 0 Å². The van der Waals surface area contributed by atoms with Crippen LogP contribution >= 0.6 is 0 Å². The van der Waals surface area contributed by atoms with E-state index in [9.17, 15) is 4.79 Å². The van der Waals surface area contributed by atoms with Crippen molar-refractivity contribution in [1.82, 2.24) is 20.6 Å². The van der Waals surface area contributed by atoms with Gasteiger partial charge in [-0.3, -0.25) is 4.79 Å². The van der Waals surface area contributed by atoms with Crippen molar-refractivity contribution in [3.8, 4) is 11.6 Å². The van der Waals surface area contributed by atoms with Gasteiger partial charge in [-0.15, -0.1) is 0 Å². The molecule has 0 unspecified atom stereocenters. The number of hydrogen-bond acceptors (Lipinski definition) is 6. The Balaban J connectivity index is 1.35. The second kappa shape index (κ2) is 6.27. The maximum atomic E-state index is 12.0. The van der Waals surface area contributed by atoms with E-state index in [0.717, 1.165) is 24.2 Å².